The summed E-state index contributed by atoms with van der Waals surface area (Å²) in [6.07, 6.45) is 0.191. The summed E-state index contributed by atoms with van der Waals surface area (Å²) >= 11 is 0. The minimum Gasteiger partial charge on any atom is -0.339 e. The van der Waals surface area contributed by atoms with Gasteiger partial charge in [-0.15, -0.1) is 0 Å². The molecule has 0 aliphatic heterocycles. The summed E-state index contributed by atoms with van der Waals surface area (Å²) < 4.78 is 1.45. The Kier molecular flexibility index (Phi) is 5.31. The number of hydrogen-bond acceptors (Lipinski definition) is 3. The molecule has 134 valence electrons. The lowest BCUT2D eigenvalue weighted by Crippen LogP contribution is -2.34. The van der Waals surface area contributed by atoms with E-state index in [2.05, 4.69) is 4.98 Å². The maximum absolute atomic E-state index is 12.6. The van der Waals surface area contributed by atoms with Gasteiger partial charge in [0.2, 0.25) is 5.91 Å². The number of hydrogen-bond donors (Lipinski definition) is 1. The van der Waals surface area contributed by atoms with Crippen molar-refractivity contribution in [2.45, 2.75) is 26.4 Å². The number of para-hydroxylation sites is 1. The van der Waals surface area contributed by atoms with Gasteiger partial charge >= 0.3 is 5.69 Å². The van der Waals surface area contributed by atoms with Gasteiger partial charge in [0, 0.05) is 26.1 Å². The average molecular weight is 351 g/mol. The predicted octanol–water partition coefficient (Wildman–Crippen LogP) is 2.13. The highest BCUT2D eigenvalue weighted by atomic mass is 16.2. The lowest BCUT2D eigenvalue weighted by Gasteiger charge is -2.21. The summed E-state index contributed by atoms with van der Waals surface area (Å²) in [6.45, 7) is 3.29. The third-order valence-electron chi connectivity index (χ3n) is 4.41. The Hall–Kier alpha value is -3.15. The van der Waals surface area contributed by atoms with E-state index in [0.717, 1.165) is 5.56 Å². The zero-order valence-electron chi connectivity index (χ0n) is 14.6. The Balaban J connectivity index is 1.78. The fourth-order valence-corrected chi connectivity index (χ4v) is 3.01. The van der Waals surface area contributed by atoms with Crippen molar-refractivity contribution < 1.29 is 4.79 Å². The number of fused-ring (bicyclic) bond motifs is 1. The number of rotatable bonds is 6. The first kappa shape index (κ1) is 17.7. The second-order valence-corrected chi connectivity index (χ2v) is 6.07. The van der Waals surface area contributed by atoms with Gasteiger partial charge in [-0.05, 0) is 24.6 Å². The number of nitrogens with one attached hydrogen (secondary N) is 1. The maximum atomic E-state index is 12.6. The Labute approximate surface area is 150 Å². The zero-order chi connectivity index (χ0) is 18.5. The van der Waals surface area contributed by atoms with Crippen LogP contribution in [0.2, 0.25) is 0 Å². The van der Waals surface area contributed by atoms with Crippen LogP contribution in [-0.2, 0) is 17.9 Å². The van der Waals surface area contributed by atoms with Gasteiger partial charge < -0.3 is 4.90 Å². The molecule has 6 heteroatoms. The maximum Gasteiger partial charge on any atom is 0.328 e. The van der Waals surface area contributed by atoms with Gasteiger partial charge in [0.25, 0.3) is 5.56 Å². The van der Waals surface area contributed by atoms with E-state index in [-0.39, 0.29) is 18.9 Å². The van der Waals surface area contributed by atoms with Gasteiger partial charge in [0.1, 0.15) is 0 Å². The molecule has 3 aromatic rings. The van der Waals surface area contributed by atoms with Crippen LogP contribution in [0.1, 0.15) is 18.9 Å². The summed E-state index contributed by atoms with van der Waals surface area (Å²) in [5, 5.41) is 0.441. The number of carbonyl (C=O) groups is 1. The topological polar surface area (TPSA) is 75.2 Å². The zero-order valence-corrected chi connectivity index (χ0v) is 14.6. The molecule has 1 N–H and O–H groups in total. The molecule has 3 rings (SSSR count). The van der Waals surface area contributed by atoms with Crippen LogP contribution in [0.25, 0.3) is 10.9 Å². The Morgan fingerprint density at radius 1 is 1.04 bits per heavy atom. The quantitative estimate of drug-likeness (QED) is 0.739. The van der Waals surface area contributed by atoms with Gasteiger partial charge in [0.05, 0.1) is 10.9 Å². The highest BCUT2D eigenvalue weighted by Gasteiger charge is 2.14. The predicted molar refractivity (Wildman–Crippen MR) is 101 cm³/mol. The number of amides is 1. The molecule has 0 unspecified atom stereocenters. The molecule has 26 heavy (non-hydrogen) atoms. The monoisotopic (exact) mass is 351 g/mol. The summed E-state index contributed by atoms with van der Waals surface area (Å²) in [5.74, 6) is -0.0291. The third kappa shape index (κ3) is 3.74. The van der Waals surface area contributed by atoms with Crippen molar-refractivity contribution in [3.05, 3.63) is 81.0 Å². The second-order valence-electron chi connectivity index (χ2n) is 6.07. The summed E-state index contributed by atoms with van der Waals surface area (Å²) in [4.78, 5) is 40.8. The van der Waals surface area contributed by atoms with E-state index < -0.39 is 11.2 Å². The number of aromatic amines is 1. The number of aromatic nitrogens is 2. The first-order valence-corrected chi connectivity index (χ1v) is 8.63. The van der Waals surface area contributed by atoms with Crippen LogP contribution in [0.5, 0.6) is 0 Å². The second kappa shape index (κ2) is 7.82. The summed E-state index contributed by atoms with van der Waals surface area (Å²) in [5.41, 5.74) is 0.703. The molecule has 0 radical (unpaired) electrons. The minimum absolute atomic E-state index is 0.0291. The van der Waals surface area contributed by atoms with Crippen molar-refractivity contribution in [2.75, 3.05) is 6.54 Å². The van der Waals surface area contributed by atoms with Gasteiger partial charge in [-0.25, -0.2) is 4.79 Å². The van der Waals surface area contributed by atoms with Crippen molar-refractivity contribution in [1.29, 1.82) is 0 Å². The lowest BCUT2D eigenvalue weighted by molar-refractivity contribution is -0.131. The number of carbonyl (C=O) groups excluding carboxylic acids is 1. The highest BCUT2D eigenvalue weighted by molar-refractivity contribution is 5.79. The van der Waals surface area contributed by atoms with E-state index >= 15 is 0 Å². The van der Waals surface area contributed by atoms with E-state index in [1.165, 1.54) is 4.57 Å². The molecular formula is C20H21N3O3. The van der Waals surface area contributed by atoms with Gasteiger partial charge in [0.15, 0.2) is 0 Å². The fraction of sp³-hybridized carbons (Fsp3) is 0.250. The van der Waals surface area contributed by atoms with Crippen LogP contribution in [0.3, 0.4) is 0 Å². The van der Waals surface area contributed by atoms with Crippen LogP contribution >= 0.6 is 0 Å². The molecule has 6 nitrogen and oxygen atoms in total. The van der Waals surface area contributed by atoms with Gasteiger partial charge in [-0.2, -0.15) is 0 Å². The van der Waals surface area contributed by atoms with E-state index in [9.17, 15) is 14.4 Å². The molecule has 0 spiro atoms. The molecule has 0 atom stereocenters. The van der Waals surface area contributed by atoms with Gasteiger partial charge in [-0.1, -0.05) is 42.5 Å². The molecule has 0 saturated heterocycles. The van der Waals surface area contributed by atoms with Crippen molar-refractivity contribution in [1.82, 2.24) is 14.5 Å². The molecule has 1 amide bonds. The third-order valence-corrected chi connectivity index (χ3v) is 4.41. The smallest absolute Gasteiger partial charge is 0.328 e. The van der Waals surface area contributed by atoms with E-state index in [0.29, 0.717) is 24.0 Å². The molecule has 0 aliphatic rings. The minimum atomic E-state index is -0.493. The Bertz CT molecular complexity index is 1020. The molecule has 1 aromatic heterocycles. The Morgan fingerprint density at radius 3 is 2.46 bits per heavy atom. The largest absolute Gasteiger partial charge is 0.339 e. The van der Waals surface area contributed by atoms with Crippen LogP contribution in [-0.4, -0.2) is 26.9 Å². The van der Waals surface area contributed by atoms with Gasteiger partial charge in [-0.3, -0.25) is 19.1 Å². The number of benzene rings is 2. The fourth-order valence-electron chi connectivity index (χ4n) is 3.01. The van der Waals surface area contributed by atoms with Crippen LogP contribution in [0.15, 0.2) is 64.2 Å². The summed E-state index contributed by atoms with van der Waals surface area (Å²) in [7, 11) is 0. The molecule has 1 heterocycles. The van der Waals surface area contributed by atoms with Crippen molar-refractivity contribution in [2.24, 2.45) is 0 Å². The lowest BCUT2D eigenvalue weighted by atomic mass is 10.2. The summed E-state index contributed by atoms with van der Waals surface area (Å²) in [6, 6.07) is 16.7. The first-order valence-electron chi connectivity index (χ1n) is 8.63. The van der Waals surface area contributed by atoms with E-state index in [1.807, 2.05) is 37.3 Å². The van der Waals surface area contributed by atoms with Crippen molar-refractivity contribution >= 4 is 16.8 Å². The first-order chi connectivity index (χ1) is 12.6. The van der Waals surface area contributed by atoms with E-state index in [4.69, 9.17) is 0 Å². The normalized spacial score (nSPS) is 10.8. The molecule has 0 fully saturated rings. The van der Waals surface area contributed by atoms with Crippen LogP contribution in [0.4, 0.5) is 0 Å². The number of H-pyrrole nitrogens is 1. The van der Waals surface area contributed by atoms with Crippen molar-refractivity contribution in [3.63, 3.8) is 0 Å². The number of nitrogens with zero attached hydrogens (tertiary/aromatic N) is 2. The van der Waals surface area contributed by atoms with Crippen molar-refractivity contribution in [3.8, 4) is 0 Å². The molecule has 2 aromatic carbocycles. The molecule has 0 bridgehead atoms. The molecular weight excluding hydrogens is 330 g/mol. The molecule has 0 aliphatic carbocycles. The molecule has 0 saturated carbocycles. The average Bonchev–Trinajstić information content (AvgIpc) is 2.66. The highest BCUT2D eigenvalue weighted by Crippen LogP contribution is 2.09. The standard InChI is InChI=1S/C20H21N3O3/c1-2-22(14-15-8-4-3-5-9-15)18(24)12-13-23-17-11-7-6-10-16(17)19(25)21-20(23)26/h3-11H,2,12-14H2,1H3,(H,21,25,26). The van der Waals surface area contributed by atoms with Crippen LogP contribution in [0, 0.1) is 0 Å². The van der Waals surface area contributed by atoms with Crippen LogP contribution < -0.4 is 11.2 Å². The number of aryl methyl sites for hydroxylation is 1. The Morgan fingerprint density at radius 2 is 1.73 bits per heavy atom. The SMILES string of the molecule is CCN(Cc1ccccc1)C(=O)CCn1c(=O)[nH]c(=O)c2ccccc21. The van der Waals surface area contributed by atoms with E-state index in [1.54, 1.807) is 29.2 Å².